The van der Waals surface area contributed by atoms with Gasteiger partial charge >= 0.3 is 0 Å². The SMILES string of the molecule is CN=C(NCCCCCN1CCCCC1)NCc1ccc2c(c1)OCO2. The second-order valence-corrected chi connectivity index (χ2v) is 7.00. The van der Waals surface area contributed by atoms with Gasteiger partial charge in [-0.25, -0.2) is 0 Å². The van der Waals surface area contributed by atoms with Gasteiger partial charge in [0.05, 0.1) is 0 Å². The number of ether oxygens (including phenoxy) is 2. The quantitative estimate of drug-likeness (QED) is 0.424. The lowest BCUT2D eigenvalue weighted by Gasteiger charge is -2.26. The molecule has 1 saturated heterocycles. The van der Waals surface area contributed by atoms with Crippen molar-refractivity contribution < 1.29 is 9.47 Å². The second-order valence-electron chi connectivity index (χ2n) is 7.00. The van der Waals surface area contributed by atoms with E-state index in [-0.39, 0.29) is 0 Å². The lowest BCUT2D eigenvalue weighted by atomic mass is 10.1. The van der Waals surface area contributed by atoms with Crippen LogP contribution in [0.2, 0.25) is 0 Å². The van der Waals surface area contributed by atoms with Crippen LogP contribution >= 0.6 is 0 Å². The number of nitrogens with zero attached hydrogens (tertiary/aromatic N) is 2. The summed E-state index contributed by atoms with van der Waals surface area (Å²) in [5.74, 6) is 2.49. The maximum absolute atomic E-state index is 5.42. The highest BCUT2D eigenvalue weighted by molar-refractivity contribution is 5.79. The molecule has 0 bridgehead atoms. The smallest absolute Gasteiger partial charge is 0.231 e. The third-order valence-corrected chi connectivity index (χ3v) is 5.01. The molecule has 26 heavy (non-hydrogen) atoms. The minimum atomic E-state index is 0.313. The Morgan fingerprint density at radius 1 is 1.04 bits per heavy atom. The van der Waals surface area contributed by atoms with Crippen LogP contribution < -0.4 is 20.1 Å². The van der Waals surface area contributed by atoms with Crippen molar-refractivity contribution in [2.24, 2.45) is 4.99 Å². The monoisotopic (exact) mass is 360 g/mol. The molecule has 2 N–H and O–H groups in total. The van der Waals surface area contributed by atoms with E-state index in [1.165, 1.54) is 58.2 Å². The molecule has 0 amide bonds. The topological polar surface area (TPSA) is 58.1 Å². The highest BCUT2D eigenvalue weighted by Gasteiger charge is 2.13. The molecule has 6 nitrogen and oxygen atoms in total. The van der Waals surface area contributed by atoms with Crippen LogP contribution in [0.25, 0.3) is 0 Å². The van der Waals surface area contributed by atoms with Crippen LogP contribution in [0.3, 0.4) is 0 Å². The Bertz CT molecular complexity index is 585. The molecule has 6 heteroatoms. The van der Waals surface area contributed by atoms with Gasteiger partial charge in [-0.2, -0.15) is 0 Å². The number of fused-ring (bicyclic) bond motifs is 1. The van der Waals surface area contributed by atoms with Gasteiger partial charge in [-0.15, -0.1) is 0 Å². The summed E-state index contributed by atoms with van der Waals surface area (Å²) in [7, 11) is 1.81. The van der Waals surface area contributed by atoms with Crippen molar-refractivity contribution in [1.82, 2.24) is 15.5 Å². The van der Waals surface area contributed by atoms with Gasteiger partial charge in [0, 0.05) is 20.1 Å². The van der Waals surface area contributed by atoms with Crippen molar-refractivity contribution in [3.05, 3.63) is 23.8 Å². The van der Waals surface area contributed by atoms with Crippen LogP contribution in [0.15, 0.2) is 23.2 Å². The first kappa shape index (κ1) is 18.8. The molecule has 0 aliphatic carbocycles. The number of piperidine rings is 1. The normalized spacial score (nSPS) is 17.3. The third-order valence-electron chi connectivity index (χ3n) is 5.01. The van der Waals surface area contributed by atoms with E-state index in [0.29, 0.717) is 13.3 Å². The number of guanidine groups is 1. The third kappa shape index (κ3) is 5.80. The van der Waals surface area contributed by atoms with E-state index >= 15 is 0 Å². The molecule has 144 valence electrons. The molecule has 0 unspecified atom stereocenters. The van der Waals surface area contributed by atoms with Gasteiger partial charge in [-0.3, -0.25) is 4.99 Å². The number of nitrogens with one attached hydrogen (secondary N) is 2. The van der Waals surface area contributed by atoms with Gasteiger partial charge in [0.2, 0.25) is 6.79 Å². The average Bonchev–Trinajstić information content (AvgIpc) is 3.15. The fourth-order valence-electron chi connectivity index (χ4n) is 3.48. The standard InChI is InChI=1S/C20H32N4O2/c1-21-20(22-10-4-2-5-11-24-12-6-3-7-13-24)23-15-17-8-9-18-19(14-17)26-16-25-18/h8-9,14H,2-7,10-13,15-16H2,1H3,(H2,21,22,23). The summed E-state index contributed by atoms with van der Waals surface area (Å²) in [6, 6.07) is 6.02. The molecule has 1 fully saturated rings. The van der Waals surface area contributed by atoms with Crippen molar-refractivity contribution in [3.63, 3.8) is 0 Å². The second kappa shape index (κ2) is 10.3. The summed E-state index contributed by atoms with van der Waals surface area (Å²) in [6.07, 6.45) is 7.92. The lowest BCUT2D eigenvalue weighted by Crippen LogP contribution is -2.37. The number of aliphatic imine (C=N–C) groups is 1. The van der Waals surface area contributed by atoms with E-state index in [9.17, 15) is 0 Å². The van der Waals surface area contributed by atoms with Crippen molar-refractivity contribution in [2.75, 3.05) is 40.0 Å². The Labute approximate surface area is 157 Å². The lowest BCUT2D eigenvalue weighted by molar-refractivity contribution is 0.174. The summed E-state index contributed by atoms with van der Waals surface area (Å²) in [4.78, 5) is 6.91. The molecule has 1 aromatic rings. The molecule has 0 spiro atoms. The van der Waals surface area contributed by atoms with Gasteiger partial charge in [-0.1, -0.05) is 18.9 Å². The first-order chi connectivity index (χ1) is 12.8. The number of benzene rings is 1. The van der Waals surface area contributed by atoms with E-state index in [4.69, 9.17) is 9.47 Å². The number of hydrogen-bond donors (Lipinski definition) is 2. The van der Waals surface area contributed by atoms with Crippen LogP contribution in [0.4, 0.5) is 0 Å². The molecule has 2 aliphatic heterocycles. The van der Waals surface area contributed by atoms with Crippen molar-refractivity contribution in [3.8, 4) is 11.5 Å². The molecule has 3 rings (SSSR count). The van der Waals surface area contributed by atoms with Crippen molar-refractivity contribution in [1.29, 1.82) is 0 Å². The van der Waals surface area contributed by atoms with E-state index in [0.717, 1.165) is 29.6 Å². The van der Waals surface area contributed by atoms with Crippen LogP contribution in [0.1, 0.15) is 44.1 Å². The first-order valence-electron chi connectivity index (χ1n) is 9.90. The minimum absolute atomic E-state index is 0.313. The van der Waals surface area contributed by atoms with Crippen LogP contribution in [0.5, 0.6) is 11.5 Å². The zero-order valence-electron chi connectivity index (χ0n) is 15.9. The van der Waals surface area contributed by atoms with Gasteiger partial charge in [-0.05, 0) is 63.0 Å². The van der Waals surface area contributed by atoms with Crippen molar-refractivity contribution >= 4 is 5.96 Å². The summed E-state index contributed by atoms with van der Waals surface area (Å²) in [5.41, 5.74) is 1.15. The zero-order chi connectivity index (χ0) is 18.0. The van der Waals surface area contributed by atoms with Gasteiger partial charge in [0.1, 0.15) is 0 Å². The van der Waals surface area contributed by atoms with Gasteiger partial charge in [0.25, 0.3) is 0 Å². The Hall–Kier alpha value is -1.95. The number of unbranched alkanes of at least 4 members (excludes halogenated alkanes) is 2. The van der Waals surface area contributed by atoms with Crippen LogP contribution in [-0.2, 0) is 6.54 Å². The summed E-state index contributed by atoms with van der Waals surface area (Å²) < 4.78 is 10.8. The maximum Gasteiger partial charge on any atom is 0.231 e. The number of hydrogen-bond acceptors (Lipinski definition) is 4. The number of rotatable bonds is 8. The molecular weight excluding hydrogens is 328 g/mol. The molecule has 1 aromatic carbocycles. The highest BCUT2D eigenvalue weighted by atomic mass is 16.7. The van der Waals surface area contributed by atoms with Gasteiger partial charge in [0.15, 0.2) is 17.5 Å². The Kier molecular flexibility index (Phi) is 7.43. The summed E-state index contributed by atoms with van der Waals surface area (Å²) in [6.45, 7) is 5.85. The van der Waals surface area contributed by atoms with E-state index < -0.39 is 0 Å². The molecule has 0 aromatic heterocycles. The number of likely N-dealkylation sites (tertiary alicyclic amines) is 1. The van der Waals surface area contributed by atoms with E-state index in [1.807, 2.05) is 25.2 Å². The predicted octanol–water partition coefficient (Wildman–Crippen LogP) is 2.74. The molecule has 2 aliphatic rings. The summed E-state index contributed by atoms with van der Waals surface area (Å²) in [5, 5.41) is 6.75. The zero-order valence-corrected chi connectivity index (χ0v) is 15.9. The van der Waals surface area contributed by atoms with Gasteiger partial charge < -0.3 is 25.0 Å². The molecular formula is C20H32N4O2. The molecule has 0 radical (unpaired) electrons. The minimum Gasteiger partial charge on any atom is -0.454 e. The van der Waals surface area contributed by atoms with Crippen molar-refractivity contribution in [2.45, 2.75) is 45.1 Å². The van der Waals surface area contributed by atoms with E-state index in [1.54, 1.807) is 0 Å². The maximum atomic E-state index is 5.42. The fourth-order valence-corrected chi connectivity index (χ4v) is 3.48. The van der Waals surface area contributed by atoms with Crippen LogP contribution in [-0.4, -0.2) is 50.9 Å². The Morgan fingerprint density at radius 3 is 2.73 bits per heavy atom. The highest BCUT2D eigenvalue weighted by Crippen LogP contribution is 2.32. The predicted molar refractivity (Wildman–Crippen MR) is 105 cm³/mol. The molecule has 0 atom stereocenters. The largest absolute Gasteiger partial charge is 0.454 e. The molecule has 2 heterocycles. The average molecular weight is 361 g/mol. The molecule has 0 saturated carbocycles. The fraction of sp³-hybridized carbons (Fsp3) is 0.650. The Balaban J connectivity index is 1.27. The summed E-state index contributed by atoms with van der Waals surface area (Å²) >= 11 is 0. The van der Waals surface area contributed by atoms with E-state index in [2.05, 4.69) is 20.5 Å². The Morgan fingerprint density at radius 2 is 1.88 bits per heavy atom. The van der Waals surface area contributed by atoms with Crippen LogP contribution in [0, 0.1) is 0 Å². The first-order valence-corrected chi connectivity index (χ1v) is 9.90.